The monoisotopic (exact) mass is 354 g/mol. The second-order valence-electron chi connectivity index (χ2n) is 5.28. The Morgan fingerprint density at radius 3 is 2.62 bits per heavy atom. The molecule has 0 aliphatic heterocycles. The number of para-hydroxylation sites is 1. The summed E-state index contributed by atoms with van der Waals surface area (Å²) in [5.41, 5.74) is 1.05. The number of anilines is 1. The number of aromatic nitrogens is 2. The van der Waals surface area contributed by atoms with Gasteiger partial charge in [0.25, 0.3) is 17.5 Å². The lowest BCUT2D eigenvalue weighted by atomic mass is 10.1. The van der Waals surface area contributed by atoms with Crippen LogP contribution in [-0.4, -0.2) is 27.6 Å². The van der Waals surface area contributed by atoms with E-state index in [1.807, 2.05) is 0 Å². The summed E-state index contributed by atoms with van der Waals surface area (Å²) in [7, 11) is 0. The van der Waals surface area contributed by atoms with Crippen LogP contribution in [0.15, 0.2) is 53.1 Å². The number of amides is 1. The van der Waals surface area contributed by atoms with Crippen LogP contribution in [-0.2, 0) is 4.79 Å². The molecule has 0 aliphatic rings. The van der Waals surface area contributed by atoms with Crippen molar-refractivity contribution in [1.29, 1.82) is 0 Å². The highest BCUT2D eigenvalue weighted by molar-refractivity contribution is 5.95. The molecule has 1 N–H and O–H groups in total. The number of nitro groups is 1. The SMILES string of the molecule is Cc1noc(-c2ccccc2NC(=O)COc2ccc([N+](=O)[O-])cc2)n1. The molecule has 0 radical (unpaired) electrons. The van der Waals surface area contributed by atoms with Crippen LogP contribution in [0.4, 0.5) is 11.4 Å². The van der Waals surface area contributed by atoms with Crippen LogP contribution in [0.1, 0.15) is 5.82 Å². The van der Waals surface area contributed by atoms with E-state index >= 15 is 0 Å². The Morgan fingerprint density at radius 1 is 1.23 bits per heavy atom. The molecule has 0 spiro atoms. The van der Waals surface area contributed by atoms with E-state index < -0.39 is 10.8 Å². The van der Waals surface area contributed by atoms with E-state index in [1.54, 1.807) is 31.2 Å². The second-order valence-corrected chi connectivity index (χ2v) is 5.28. The number of carbonyl (C=O) groups excluding carboxylic acids is 1. The number of rotatable bonds is 6. The zero-order valence-electron chi connectivity index (χ0n) is 13.7. The largest absolute Gasteiger partial charge is 0.484 e. The quantitative estimate of drug-likeness (QED) is 0.533. The summed E-state index contributed by atoms with van der Waals surface area (Å²) >= 11 is 0. The molecule has 132 valence electrons. The summed E-state index contributed by atoms with van der Waals surface area (Å²) in [5, 5.41) is 17.1. The van der Waals surface area contributed by atoms with E-state index in [0.29, 0.717) is 28.7 Å². The van der Waals surface area contributed by atoms with Gasteiger partial charge in [-0.05, 0) is 31.2 Å². The Bertz CT molecular complexity index is 936. The van der Waals surface area contributed by atoms with Crippen molar-refractivity contribution in [3.05, 3.63) is 64.5 Å². The van der Waals surface area contributed by atoms with Gasteiger partial charge in [0.2, 0.25) is 0 Å². The number of ether oxygens (including phenoxy) is 1. The van der Waals surface area contributed by atoms with Crippen molar-refractivity contribution in [2.75, 3.05) is 11.9 Å². The molecule has 9 nitrogen and oxygen atoms in total. The normalized spacial score (nSPS) is 10.3. The third-order valence-corrected chi connectivity index (χ3v) is 3.38. The first-order chi connectivity index (χ1) is 12.5. The first-order valence-electron chi connectivity index (χ1n) is 7.60. The van der Waals surface area contributed by atoms with E-state index in [9.17, 15) is 14.9 Å². The van der Waals surface area contributed by atoms with Gasteiger partial charge in [-0.25, -0.2) is 0 Å². The number of nitro benzene ring substituents is 1. The van der Waals surface area contributed by atoms with Crippen molar-refractivity contribution in [3.8, 4) is 17.2 Å². The number of non-ortho nitro benzene ring substituents is 1. The lowest BCUT2D eigenvalue weighted by molar-refractivity contribution is -0.384. The second kappa shape index (κ2) is 7.43. The fraction of sp³-hybridized carbons (Fsp3) is 0.118. The molecule has 3 aromatic rings. The highest BCUT2D eigenvalue weighted by Crippen LogP contribution is 2.26. The maximum atomic E-state index is 12.1. The number of hydrogen-bond acceptors (Lipinski definition) is 7. The van der Waals surface area contributed by atoms with E-state index in [1.165, 1.54) is 24.3 Å². The van der Waals surface area contributed by atoms with E-state index in [2.05, 4.69) is 15.5 Å². The molecule has 1 amide bonds. The van der Waals surface area contributed by atoms with Gasteiger partial charge in [-0.3, -0.25) is 14.9 Å². The Balaban J connectivity index is 1.64. The molecule has 0 atom stereocenters. The van der Waals surface area contributed by atoms with Crippen molar-refractivity contribution in [2.24, 2.45) is 0 Å². The summed E-state index contributed by atoms with van der Waals surface area (Å²) < 4.78 is 10.5. The van der Waals surface area contributed by atoms with Gasteiger partial charge in [0.15, 0.2) is 12.4 Å². The number of carbonyl (C=O) groups is 1. The van der Waals surface area contributed by atoms with Gasteiger partial charge >= 0.3 is 0 Å². The Morgan fingerprint density at radius 2 is 1.96 bits per heavy atom. The van der Waals surface area contributed by atoms with E-state index in [0.717, 1.165) is 0 Å². The third kappa shape index (κ3) is 4.01. The van der Waals surface area contributed by atoms with Crippen LogP contribution in [0.5, 0.6) is 5.75 Å². The molecule has 0 unspecified atom stereocenters. The van der Waals surface area contributed by atoms with Crippen LogP contribution < -0.4 is 10.1 Å². The highest BCUT2D eigenvalue weighted by Gasteiger charge is 2.14. The molecule has 0 aliphatic carbocycles. The lowest BCUT2D eigenvalue weighted by Gasteiger charge is -2.09. The molecule has 0 fully saturated rings. The van der Waals surface area contributed by atoms with E-state index in [-0.39, 0.29) is 12.3 Å². The molecule has 0 saturated heterocycles. The molecule has 0 bridgehead atoms. The fourth-order valence-corrected chi connectivity index (χ4v) is 2.18. The van der Waals surface area contributed by atoms with Crippen molar-refractivity contribution in [2.45, 2.75) is 6.92 Å². The maximum absolute atomic E-state index is 12.1. The Labute approximate surface area is 147 Å². The zero-order valence-corrected chi connectivity index (χ0v) is 13.7. The first kappa shape index (κ1) is 17.1. The van der Waals surface area contributed by atoms with Crippen molar-refractivity contribution in [3.63, 3.8) is 0 Å². The number of hydrogen-bond donors (Lipinski definition) is 1. The molecule has 9 heteroatoms. The molecule has 2 aromatic carbocycles. The topological polar surface area (TPSA) is 120 Å². The average Bonchev–Trinajstić information content (AvgIpc) is 3.07. The fourth-order valence-electron chi connectivity index (χ4n) is 2.18. The Hall–Kier alpha value is -3.75. The highest BCUT2D eigenvalue weighted by atomic mass is 16.6. The van der Waals surface area contributed by atoms with Gasteiger partial charge in [0.1, 0.15) is 5.75 Å². The molecule has 1 aromatic heterocycles. The predicted octanol–water partition coefficient (Wildman–Crippen LogP) is 2.97. The predicted molar refractivity (Wildman–Crippen MR) is 91.7 cm³/mol. The minimum absolute atomic E-state index is 0.0504. The first-order valence-corrected chi connectivity index (χ1v) is 7.60. The minimum Gasteiger partial charge on any atom is -0.484 e. The van der Waals surface area contributed by atoms with Gasteiger partial charge in [0.05, 0.1) is 16.2 Å². The third-order valence-electron chi connectivity index (χ3n) is 3.38. The summed E-state index contributed by atoms with van der Waals surface area (Å²) in [6, 6.07) is 12.5. The van der Waals surface area contributed by atoms with E-state index in [4.69, 9.17) is 9.26 Å². The lowest BCUT2D eigenvalue weighted by Crippen LogP contribution is -2.20. The minimum atomic E-state index is -0.507. The average molecular weight is 354 g/mol. The molecular formula is C17H14N4O5. The smallest absolute Gasteiger partial charge is 0.269 e. The molecule has 0 saturated carbocycles. The Kier molecular flexibility index (Phi) is 4.88. The van der Waals surface area contributed by atoms with Crippen LogP contribution in [0.25, 0.3) is 11.5 Å². The molecule has 1 heterocycles. The molecular weight excluding hydrogens is 340 g/mol. The number of nitrogens with zero attached hydrogens (tertiary/aromatic N) is 3. The van der Waals surface area contributed by atoms with Crippen molar-refractivity contribution in [1.82, 2.24) is 10.1 Å². The van der Waals surface area contributed by atoms with Crippen molar-refractivity contribution < 1.29 is 19.0 Å². The summed E-state index contributed by atoms with van der Waals surface area (Å²) in [6.07, 6.45) is 0. The van der Waals surface area contributed by atoms with Gasteiger partial charge < -0.3 is 14.6 Å². The van der Waals surface area contributed by atoms with Gasteiger partial charge in [-0.15, -0.1) is 0 Å². The zero-order chi connectivity index (χ0) is 18.5. The molecule has 3 rings (SSSR count). The van der Waals surface area contributed by atoms with Crippen LogP contribution in [0.2, 0.25) is 0 Å². The number of benzene rings is 2. The molecule has 26 heavy (non-hydrogen) atoms. The number of aryl methyl sites for hydroxylation is 1. The van der Waals surface area contributed by atoms with Crippen molar-refractivity contribution >= 4 is 17.3 Å². The maximum Gasteiger partial charge on any atom is 0.269 e. The summed E-state index contributed by atoms with van der Waals surface area (Å²) in [6.45, 7) is 1.45. The van der Waals surface area contributed by atoms with Gasteiger partial charge in [-0.1, -0.05) is 17.3 Å². The summed E-state index contributed by atoms with van der Waals surface area (Å²) in [5.74, 6) is 0.746. The van der Waals surface area contributed by atoms with Crippen LogP contribution in [0.3, 0.4) is 0 Å². The van der Waals surface area contributed by atoms with Gasteiger partial charge in [0, 0.05) is 12.1 Å². The van der Waals surface area contributed by atoms with Crippen LogP contribution >= 0.6 is 0 Å². The standard InChI is InChI=1S/C17H14N4O5/c1-11-18-17(26-20-11)14-4-2-3-5-15(14)19-16(22)10-25-13-8-6-12(7-9-13)21(23)24/h2-9H,10H2,1H3,(H,19,22). The number of nitrogens with one attached hydrogen (secondary N) is 1. The van der Waals surface area contributed by atoms with Gasteiger partial charge in [-0.2, -0.15) is 4.98 Å². The van der Waals surface area contributed by atoms with Crippen LogP contribution in [0, 0.1) is 17.0 Å². The summed E-state index contributed by atoms with van der Waals surface area (Å²) in [4.78, 5) is 26.4.